The monoisotopic (exact) mass is 461 g/mol. The van der Waals surface area contributed by atoms with Crippen LogP contribution in [0, 0.1) is 5.92 Å². The van der Waals surface area contributed by atoms with Crippen molar-refractivity contribution in [2.75, 3.05) is 13.7 Å². The highest BCUT2D eigenvalue weighted by atomic mass is 16.5. The number of benzene rings is 2. The third-order valence-electron chi connectivity index (χ3n) is 7.06. The van der Waals surface area contributed by atoms with E-state index >= 15 is 0 Å². The molecule has 3 atom stereocenters. The fourth-order valence-corrected chi connectivity index (χ4v) is 5.42. The van der Waals surface area contributed by atoms with Crippen LogP contribution in [0.15, 0.2) is 59.9 Å². The Morgan fingerprint density at radius 1 is 1.03 bits per heavy atom. The minimum absolute atomic E-state index is 0.0753. The number of hydrogen-bond acceptors (Lipinski definition) is 5. The molecule has 0 radical (unpaired) electrons. The SMILES string of the molecule is CCCN1C(=O)C2=C(C(=O)C3CCCCC3O2)C1c1ccc(OCc2ccccc2)c(OC)c1. The van der Waals surface area contributed by atoms with E-state index in [1.54, 1.807) is 12.0 Å². The van der Waals surface area contributed by atoms with Crippen molar-refractivity contribution in [1.82, 2.24) is 4.90 Å². The second-order valence-corrected chi connectivity index (χ2v) is 9.24. The van der Waals surface area contributed by atoms with Crippen LogP contribution in [-0.4, -0.2) is 36.3 Å². The van der Waals surface area contributed by atoms with Gasteiger partial charge in [-0.2, -0.15) is 0 Å². The highest BCUT2D eigenvalue weighted by Crippen LogP contribution is 2.47. The normalized spacial score (nSPS) is 23.9. The van der Waals surface area contributed by atoms with E-state index in [0.717, 1.165) is 43.2 Å². The number of hydrogen-bond donors (Lipinski definition) is 0. The summed E-state index contributed by atoms with van der Waals surface area (Å²) in [6, 6.07) is 15.2. The maximum absolute atomic E-state index is 13.6. The first kappa shape index (κ1) is 22.5. The summed E-state index contributed by atoms with van der Waals surface area (Å²) in [5, 5.41) is 0. The number of carbonyl (C=O) groups excluding carboxylic acids is 2. The zero-order chi connectivity index (χ0) is 23.7. The molecular weight excluding hydrogens is 430 g/mol. The lowest BCUT2D eigenvalue weighted by Gasteiger charge is -2.35. The number of fused-ring (bicyclic) bond motifs is 1. The number of Topliss-reactive ketones (excluding diaryl/α,β-unsaturated/α-hetero) is 1. The number of nitrogens with zero attached hydrogens (tertiary/aromatic N) is 1. The van der Waals surface area contributed by atoms with Crippen LogP contribution in [0.5, 0.6) is 11.5 Å². The van der Waals surface area contributed by atoms with Crippen LogP contribution in [0.4, 0.5) is 0 Å². The van der Waals surface area contributed by atoms with Crippen LogP contribution < -0.4 is 9.47 Å². The van der Waals surface area contributed by atoms with Crippen LogP contribution in [0.3, 0.4) is 0 Å². The number of amides is 1. The molecule has 6 nitrogen and oxygen atoms in total. The van der Waals surface area contributed by atoms with Gasteiger partial charge in [-0.15, -0.1) is 0 Å². The molecule has 3 aliphatic rings. The van der Waals surface area contributed by atoms with E-state index in [2.05, 4.69) is 0 Å². The maximum Gasteiger partial charge on any atom is 0.290 e. The van der Waals surface area contributed by atoms with E-state index < -0.39 is 6.04 Å². The zero-order valence-corrected chi connectivity index (χ0v) is 19.8. The molecule has 0 saturated heterocycles. The standard InChI is InChI=1S/C28H31NO5/c1-3-15-29-25(24-26(30)20-11-7-8-12-21(20)34-27(24)28(29)31)19-13-14-22(23(16-19)32-2)33-17-18-9-5-4-6-10-18/h4-6,9-10,13-14,16,20-21,25H,3,7-8,11-12,15,17H2,1-2H3. The Labute approximate surface area is 200 Å². The van der Waals surface area contributed by atoms with Gasteiger partial charge in [-0.25, -0.2) is 0 Å². The van der Waals surface area contributed by atoms with Gasteiger partial charge in [-0.3, -0.25) is 9.59 Å². The number of rotatable bonds is 7. The molecule has 0 N–H and O–H groups in total. The van der Waals surface area contributed by atoms with Crippen molar-refractivity contribution in [3.8, 4) is 11.5 Å². The molecular formula is C28H31NO5. The van der Waals surface area contributed by atoms with Gasteiger partial charge < -0.3 is 19.1 Å². The van der Waals surface area contributed by atoms with Crippen molar-refractivity contribution in [1.29, 1.82) is 0 Å². The van der Waals surface area contributed by atoms with Crippen molar-refractivity contribution < 1.29 is 23.8 Å². The van der Waals surface area contributed by atoms with E-state index in [1.807, 2.05) is 55.5 Å². The van der Waals surface area contributed by atoms with E-state index in [-0.39, 0.29) is 29.5 Å². The summed E-state index contributed by atoms with van der Waals surface area (Å²) in [7, 11) is 1.60. The van der Waals surface area contributed by atoms with Gasteiger partial charge in [0, 0.05) is 6.54 Å². The van der Waals surface area contributed by atoms with Crippen LogP contribution in [-0.2, 0) is 20.9 Å². The Balaban J connectivity index is 1.48. The first-order chi connectivity index (χ1) is 16.6. The third kappa shape index (κ3) is 3.95. The molecule has 6 heteroatoms. The van der Waals surface area contributed by atoms with Gasteiger partial charge in [-0.1, -0.05) is 49.7 Å². The van der Waals surface area contributed by atoms with Gasteiger partial charge in [-0.05, 0) is 48.9 Å². The molecule has 0 spiro atoms. The first-order valence-corrected chi connectivity index (χ1v) is 12.2. The van der Waals surface area contributed by atoms with E-state index in [4.69, 9.17) is 14.2 Å². The van der Waals surface area contributed by atoms with Crippen LogP contribution in [0.1, 0.15) is 56.2 Å². The first-order valence-electron chi connectivity index (χ1n) is 12.2. The number of ether oxygens (including phenoxy) is 3. The quantitative estimate of drug-likeness (QED) is 0.582. The van der Waals surface area contributed by atoms with Gasteiger partial charge in [0.2, 0.25) is 0 Å². The Morgan fingerprint density at radius 3 is 2.59 bits per heavy atom. The minimum atomic E-state index is -0.463. The smallest absolute Gasteiger partial charge is 0.290 e. The molecule has 2 aromatic carbocycles. The molecule has 5 rings (SSSR count). The molecule has 3 unspecified atom stereocenters. The number of methoxy groups -OCH3 is 1. The van der Waals surface area contributed by atoms with Gasteiger partial charge >= 0.3 is 0 Å². The largest absolute Gasteiger partial charge is 0.493 e. The summed E-state index contributed by atoms with van der Waals surface area (Å²) in [5.41, 5.74) is 2.41. The lowest BCUT2D eigenvalue weighted by atomic mass is 9.77. The lowest BCUT2D eigenvalue weighted by Crippen LogP contribution is -2.39. The fraction of sp³-hybridized carbons (Fsp3) is 0.429. The Hall–Kier alpha value is -3.28. The molecule has 1 amide bonds. The molecule has 2 aliphatic heterocycles. The second kappa shape index (κ2) is 9.53. The molecule has 0 bridgehead atoms. The second-order valence-electron chi connectivity index (χ2n) is 9.24. The minimum Gasteiger partial charge on any atom is -0.493 e. The molecule has 178 valence electrons. The number of ketones is 1. The molecule has 1 saturated carbocycles. The maximum atomic E-state index is 13.6. The highest BCUT2D eigenvalue weighted by Gasteiger charge is 2.51. The average molecular weight is 462 g/mol. The number of carbonyl (C=O) groups is 2. The average Bonchev–Trinajstić information content (AvgIpc) is 3.15. The van der Waals surface area contributed by atoms with Gasteiger partial charge in [0.1, 0.15) is 12.7 Å². The molecule has 2 aromatic rings. The Morgan fingerprint density at radius 2 is 1.82 bits per heavy atom. The molecule has 2 heterocycles. The summed E-state index contributed by atoms with van der Waals surface area (Å²) in [4.78, 5) is 28.8. The van der Waals surface area contributed by atoms with E-state index in [9.17, 15) is 9.59 Å². The molecule has 1 fully saturated rings. The summed E-state index contributed by atoms with van der Waals surface area (Å²) in [6.07, 6.45) is 4.34. The molecule has 34 heavy (non-hydrogen) atoms. The van der Waals surface area contributed by atoms with Crippen molar-refractivity contribution in [3.63, 3.8) is 0 Å². The predicted molar refractivity (Wildman–Crippen MR) is 127 cm³/mol. The van der Waals surface area contributed by atoms with Crippen molar-refractivity contribution in [2.45, 2.75) is 57.8 Å². The van der Waals surface area contributed by atoms with Crippen molar-refractivity contribution >= 4 is 11.7 Å². The summed E-state index contributed by atoms with van der Waals surface area (Å²) in [6.45, 7) is 3.01. The van der Waals surface area contributed by atoms with Crippen LogP contribution in [0.2, 0.25) is 0 Å². The van der Waals surface area contributed by atoms with Gasteiger partial charge in [0.05, 0.1) is 24.6 Å². The summed E-state index contributed by atoms with van der Waals surface area (Å²) >= 11 is 0. The van der Waals surface area contributed by atoms with E-state index in [0.29, 0.717) is 30.2 Å². The van der Waals surface area contributed by atoms with Crippen molar-refractivity contribution in [3.05, 3.63) is 71.0 Å². The van der Waals surface area contributed by atoms with E-state index in [1.165, 1.54) is 0 Å². The molecule has 0 aromatic heterocycles. The fourth-order valence-electron chi connectivity index (χ4n) is 5.42. The predicted octanol–water partition coefficient (Wildman–Crippen LogP) is 4.98. The zero-order valence-electron chi connectivity index (χ0n) is 19.8. The summed E-state index contributed by atoms with van der Waals surface area (Å²) in [5.74, 6) is 1.20. The Bertz CT molecular complexity index is 1110. The topological polar surface area (TPSA) is 65.1 Å². The van der Waals surface area contributed by atoms with Gasteiger partial charge in [0.25, 0.3) is 5.91 Å². The molecule has 1 aliphatic carbocycles. The Kier molecular flexibility index (Phi) is 6.31. The summed E-state index contributed by atoms with van der Waals surface area (Å²) < 4.78 is 17.9. The van der Waals surface area contributed by atoms with Crippen molar-refractivity contribution in [2.24, 2.45) is 5.92 Å². The highest BCUT2D eigenvalue weighted by molar-refractivity contribution is 6.11. The van der Waals surface area contributed by atoms with Gasteiger partial charge in [0.15, 0.2) is 23.0 Å². The van der Waals surface area contributed by atoms with Crippen LogP contribution in [0.25, 0.3) is 0 Å². The lowest BCUT2D eigenvalue weighted by molar-refractivity contribution is -0.135. The third-order valence-corrected chi connectivity index (χ3v) is 7.06. The van der Waals surface area contributed by atoms with Crippen LogP contribution >= 0.6 is 0 Å².